The van der Waals surface area contributed by atoms with E-state index in [1.165, 1.54) is 0 Å². The van der Waals surface area contributed by atoms with E-state index in [0.717, 1.165) is 41.6 Å². The van der Waals surface area contributed by atoms with Gasteiger partial charge in [-0.2, -0.15) is 5.10 Å². The summed E-state index contributed by atoms with van der Waals surface area (Å²) < 4.78 is 5.95. The minimum atomic E-state index is -0.0551. The number of phenols is 1. The van der Waals surface area contributed by atoms with Gasteiger partial charge in [-0.05, 0) is 49.2 Å². The molecular weight excluding hydrogens is 354 g/mol. The first kappa shape index (κ1) is 18.2. The number of hydrogen-bond acceptors (Lipinski definition) is 5. The van der Waals surface area contributed by atoms with E-state index in [2.05, 4.69) is 29.4 Å². The van der Waals surface area contributed by atoms with Crippen molar-refractivity contribution in [2.24, 2.45) is 16.9 Å². The molecule has 0 spiro atoms. The lowest BCUT2D eigenvalue weighted by Crippen LogP contribution is -2.42. The molecule has 3 aromatic rings. The molecule has 0 aliphatic carbocycles. The van der Waals surface area contributed by atoms with Gasteiger partial charge in [0.1, 0.15) is 11.3 Å². The molecule has 1 aromatic heterocycles. The molecule has 1 aliphatic rings. The van der Waals surface area contributed by atoms with E-state index in [9.17, 15) is 9.90 Å². The summed E-state index contributed by atoms with van der Waals surface area (Å²) in [6, 6.07) is 12.6. The maximum Gasteiger partial charge on any atom is 0.243 e. The van der Waals surface area contributed by atoms with Gasteiger partial charge in [0, 0.05) is 23.0 Å². The quantitative estimate of drug-likeness (QED) is 0.686. The fourth-order valence-corrected chi connectivity index (χ4v) is 3.87. The highest BCUT2D eigenvalue weighted by Gasteiger charge is 2.34. The molecule has 0 saturated heterocycles. The van der Waals surface area contributed by atoms with Crippen LogP contribution in [0.25, 0.3) is 22.6 Å². The van der Waals surface area contributed by atoms with Crippen LogP contribution in [0.3, 0.4) is 0 Å². The zero-order valence-electron chi connectivity index (χ0n) is 16.0. The Morgan fingerprint density at radius 1 is 1.07 bits per heavy atom. The summed E-state index contributed by atoms with van der Waals surface area (Å²) in [5.74, 6) is 0.743. The number of aromatic hydroxyl groups is 1. The first-order chi connectivity index (χ1) is 13.6. The van der Waals surface area contributed by atoms with Crippen LogP contribution in [0.4, 0.5) is 0 Å². The van der Waals surface area contributed by atoms with Crippen LogP contribution in [0.5, 0.6) is 5.75 Å². The molecular formula is C22H23N3O3. The molecule has 2 heterocycles. The van der Waals surface area contributed by atoms with Gasteiger partial charge < -0.3 is 9.52 Å². The Kier molecular flexibility index (Phi) is 4.86. The van der Waals surface area contributed by atoms with Crippen LogP contribution in [0.15, 0.2) is 52.0 Å². The zero-order chi connectivity index (χ0) is 19.7. The summed E-state index contributed by atoms with van der Waals surface area (Å²) in [6.45, 7) is 4.19. The first-order valence-corrected chi connectivity index (χ1v) is 9.68. The van der Waals surface area contributed by atoms with Gasteiger partial charge in [0.15, 0.2) is 5.58 Å². The molecule has 0 fully saturated rings. The van der Waals surface area contributed by atoms with E-state index in [-0.39, 0.29) is 23.5 Å². The normalized spacial score (nSPS) is 19.5. The number of carbonyl (C=O) groups is 1. The van der Waals surface area contributed by atoms with Crippen molar-refractivity contribution in [2.75, 3.05) is 0 Å². The number of fused-ring (bicyclic) bond motifs is 1. The van der Waals surface area contributed by atoms with E-state index in [1.807, 2.05) is 18.2 Å². The lowest BCUT2D eigenvalue weighted by Gasteiger charge is -2.30. The number of oxazole rings is 1. The number of nitrogens with zero attached hydrogens (tertiary/aromatic N) is 2. The number of rotatable bonds is 5. The standard InChI is InChI=1S/C22H23N3O3/c1-3-5-17-16(4-2)20(24-25-21(17)27)14-8-11-18-19(12-14)28-22(23-18)13-6-9-15(26)10-7-13/h6-12,16-17,26H,3-5H2,1-2H3,(H,25,27). The van der Waals surface area contributed by atoms with Gasteiger partial charge in [0.2, 0.25) is 11.8 Å². The highest BCUT2D eigenvalue weighted by molar-refractivity contribution is 6.07. The van der Waals surface area contributed by atoms with Crippen molar-refractivity contribution in [2.45, 2.75) is 33.1 Å². The topological polar surface area (TPSA) is 87.7 Å². The Morgan fingerprint density at radius 3 is 2.54 bits per heavy atom. The van der Waals surface area contributed by atoms with Gasteiger partial charge in [-0.3, -0.25) is 4.79 Å². The minimum Gasteiger partial charge on any atom is -0.508 e. The number of nitrogens with one attached hydrogen (secondary N) is 1. The van der Waals surface area contributed by atoms with Crippen molar-refractivity contribution in [3.8, 4) is 17.2 Å². The lowest BCUT2D eigenvalue weighted by atomic mass is 9.79. The van der Waals surface area contributed by atoms with Crippen molar-refractivity contribution in [1.82, 2.24) is 10.4 Å². The van der Waals surface area contributed by atoms with Crippen LogP contribution < -0.4 is 5.43 Å². The summed E-state index contributed by atoms with van der Waals surface area (Å²) in [5, 5.41) is 13.8. The van der Waals surface area contributed by atoms with E-state index in [1.54, 1.807) is 24.3 Å². The second kappa shape index (κ2) is 7.46. The monoisotopic (exact) mass is 377 g/mol. The first-order valence-electron chi connectivity index (χ1n) is 9.68. The van der Waals surface area contributed by atoms with E-state index in [4.69, 9.17) is 4.42 Å². The van der Waals surface area contributed by atoms with Gasteiger partial charge in [-0.25, -0.2) is 10.4 Å². The number of phenolic OH excluding ortho intramolecular Hbond substituents is 1. The summed E-state index contributed by atoms with van der Waals surface area (Å²) >= 11 is 0. The van der Waals surface area contributed by atoms with Crippen LogP contribution in [0, 0.1) is 11.8 Å². The van der Waals surface area contributed by atoms with Gasteiger partial charge in [-0.1, -0.05) is 26.3 Å². The summed E-state index contributed by atoms with van der Waals surface area (Å²) in [4.78, 5) is 16.8. The van der Waals surface area contributed by atoms with Gasteiger partial charge in [0.05, 0.1) is 5.71 Å². The highest BCUT2D eigenvalue weighted by Crippen LogP contribution is 2.31. The molecule has 6 heteroatoms. The summed E-state index contributed by atoms with van der Waals surface area (Å²) in [7, 11) is 0. The van der Waals surface area contributed by atoms with Gasteiger partial charge in [-0.15, -0.1) is 0 Å². The zero-order valence-corrected chi connectivity index (χ0v) is 16.0. The molecule has 2 unspecified atom stereocenters. The Balaban J connectivity index is 1.71. The van der Waals surface area contributed by atoms with Crippen LogP contribution in [0.2, 0.25) is 0 Å². The molecule has 2 atom stereocenters. The van der Waals surface area contributed by atoms with E-state index in [0.29, 0.717) is 11.5 Å². The average Bonchev–Trinajstić information content (AvgIpc) is 3.13. The van der Waals surface area contributed by atoms with Crippen molar-refractivity contribution in [3.63, 3.8) is 0 Å². The lowest BCUT2D eigenvalue weighted by molar-refractivity contribution is -0.126. The molecule has 1 amide bonds. The van der Waals surface area contributed by atoms with E-state index < -0.39 is 0 Å². The van der Waals surface area contributed by atoms with Crippen molar-refractivity contribution in [1.29, 1.82) is 0 Å². The molecule has 2 N–H and O–H groups in total. The van der Waals surface area contributed by atoms with Crippen molar-refractivity contribution < 1.29 is 14.3 Å². The van der Waals surface area contributed by atoms with E-state index >= 15 is 0 Å². The largest absolute Gasteiger partial charge is 0.508 e. The minimum absolute atomic E-state index is 0.00723. The van der Waals surface area contributed by atoms with Gasteiger partial charge in [0.25, 0.3) is 0 Å². The third kappa shape index (κ3) is 3.26. The number of benzene rings is 2. The number of hydrogen-bond donors (Lipinski definition) is 2. The van der Waals surface area contributed by atoms with Crippen LogP contribution in [-0.2, 0) is 4.79 Å². The van der Waals surface area contributed by atoms with Crippen LogP contribution >= 0.6 is 0 Å². The fourth-order valence-electron chi connectivity index (χ4n) is 3.87. The Hall–Kier alpha value is -3.15. The molecule has 0 saturated carbocycles. The van der Waals surface area contributed by atoms with Crippen LogP contribution in [-0.4, -0.2) is 21.7 Å². The van der Waals surface area contributed by atoms with Crippen molar-refractivity contribution >= 4 is 22.7 Å². The molecule has 0 radical (unpaired) electrons. The fraction of sp³-hybridized carbons (Fsp3) is 0.318. The third-order valence-electron chi connectivity index (χ3n) is 5.30. The molecule has 6 nitrogen and oxygen atoms in total. The Morgan fingerprint density at radius 2 is 1.82 bits per heavy atom. The summed E-state index contributed by atoms with van der Waals surface area (Å²) in [6.07, 6.45) is 2.65. The average molecular weight is 377 g/mol. The number of amides is 1. The molecule has 4 rings (SSSR count). The second-order valence-electron chi connectivity index (χ2n) is 7.13. The van der Waals surface area contributed by atoms with Gasteiger partial charge >= 0.3 is 0 Å². The number of aromatic nitrogens is 1. The molecule has 1 aliphatic heterocycles. The molecule has 144 valence electrons. The molecule has 0 bridgehead atoms. The smallest absolute Gasteiger partial charge is 0.243 e. The van der Waals surface area contributed by atoms with Crippen LogP contribution in [0.1, 0.15) is 38.7 Å². The van der Waals surface area contributed by atoms with Crippen molar-refractivity contribution in [3.05, 3.63) is 48.0 Å². The predicted molar refractivity (Wildman–Crippen MR) is 108 cm³/mol. The Bertz CT molecular complexity index is 1040. The maximum absolute atomic E-state index is 12.3. The number of hydrazone groups is 1. The molecule has 28 heavy (non-hydrogen) atoms. The molecule has 2 aromatic carbocycles. The highest BCUT2D eigenvalue weighted by atomic mass is 16.3. The number of carbonyl (C=O) groups excluding carboxylic acids is 1. The maximum atomic E-state index is 12.3. The summed E-state index contributed by atoms with van der Waals surface area (Å²) in [5.41, 5.74) is 6.75. The Labute approximate surface area is 163 Å². The second-order valence-corrected chi connectivity index (χ2v) is 7.13. The predicted octanol–water partition coefficient (Wildman–Crippen LogP) is 4.48. The SMILES string of the molecule is CCCC1C(=O)NN=C(c2ccc3nc(-c4ccc(O)cc4)oc3c2)C1CC. The third-order valence-corrected chi connectivity index (χ3v) is 5.30.